The Morgan fingerprint density at radius 2 is 2.22 bits per heavy atom. The van der Waals surface area contributed by atoms with Crippen LogP contribution in [0.4, 0.5) is 4.39 Å². The molecule has 0 spiro atoms. The monoisotopic (exact) mass is 271 g/mol. The molecule has 1 aromatic carbocycles. The molecule has 3 nitrogen and oxygen atoms in total. The molecule has 0 saturated heterocycles. The third kappa shape index (κ3) is 2.90. The Morgan fingerprint density at radius 3 is 2.94 bits per heavy atom. The van der Waals surface area contributed by atoms with Gasteiger partial charge in [-0.3, -0.25) is 0 Å². The van der Waals surface area contributed by atoms with Crippen molar-refractivity contribution >= 4 is 9.84 Å². The predicted octanol–water partition coefficient (Wildman–Crippen LogP) is 1.84. The van der Waals surface area contributed by atoms with Gasteiger partial charge in [-0.25, -0.2) is 12.8 Å². The van der Waals surface area contributed by atoms with Gasteiger partial charge in [0.1, 0.15) is 5.82 Å². The molecule has 0 radical (unpaired) electrons. The Labute approximate surface area is 107 Å². The predicted molar refractivity (Wildman–Crippen MR) is 69.8 cm³/mol. The number of nitrogens with one attached hydrogen (secondary N) is 1. The van der Waals surface area contributed by atoms with Crippen molar-refractivity contribution in [3.05, 3.63) is 35.1 Å². The number of rotatable bonds is 5. The molecule has 0 aliphatic heterocycles. The van der Waals surface area contributed by atoms with Crippen LogP contribution in [-0.2, 0) is 16.3 Å². The largest absolute Gasteiger partial charge is 0.309 e. The Balaban J connectivity index is 1.97. The third-order valence-corrected chi connectivity index (χ3v) is 5.16. The second kappa shape index (κ2) is 5.36. The Bertz CT molecular complexity index is 528. The van der Waals surface area contributed by atoms with E-state index in [-0.39, 0.29) is 23.4 Å². The zero-order chi connectivity index (χ0) is 13.2. The molecule has 1 aliphatic carbocycles. The number of hydrogen-bond donors (Lipinski definition) is 1. The summed E-state index contributed by atoms with van der Waals surface area (Å²) >= 11 is 0. The normalized spacial score (nSPS) is 18.9. The number of hydrogen-bond acceptors (Lipinski definition) is 3. The van der Waals surface area contributed by atoms with Gasteiger partial charge in [-0.15, -0.1) is 0 Å². The first kappa shape index (κ1) is 13.5. The van der Waals surface area contributed by atoms with Crippen LogP contribution in [-0.4, -0.2) is 26.5 Å². The minimum Gasteiger partial charge on any atom is -0.309 e. The summed E-state index contributed by atoms with van der Waals surface area (Å²) in [5, 5.41) is 3.21. The lowest BCUT2D eigenvalue weighted by Crippen LogP contribution is -2.26. The Kier molecular flexibility index (Phi) is 4.02. The molecular weight excluding hydrogens is 253 g/mol. The van der Waals surface area contributed by atoms with Crippen molar-refractivity contribution in [3.8, 4) is 0 Å². The number of halogens is 1. The first-order valence-electron chi connectivity index (χ1n) is 6.24. The zero-order valence-corrected chi connectivity index (χ0v) is 11.3. The van der Waals surface area contributed by atoms with E-state index in [0.717, 1.165) is 24.0 Å². The summed E-state index contributed by atoms with van der Waals surface area (Å²) in [5.74, 6) is 0.160. The molecule has 2 rings (SSSR count). The van der Waals surface area contributed by atoms with Gasteiger partial charge in [0.05, 0.1) is 5.75 Å². The highest BCUT2D eigenvalue weighted by molar-refractivity contribution is 7.91. The molecule has 1 N–H and O–H groups in total. The van der Waals surface area contributed by atoms with E-state index in [4.69, 9.17) is 0 Å². The Morgan fingerprint density at radius 1 is 1.44 bits per heavy atom. The van der Waals surface area contributed by atoms with Crippen molar-refractivity contribution < 1.29 is 12.8 Å². The van der Waals surface area contributed by atoms with E-state index in [0.29, 0.717) is 6.54 Å². The van der Waals surface area contributed by atoms with Crippen LogP contribution in [0.1, 0.15) is 30.5 Å². The molecule has 5 heteroatoms. The molecule has 0 bridgehead atoms. The van der Waals surface area contributed by atoms with Crippen molar-refractivity contribution in [1.82, 2.24) is 5.32 Å². The topological polar surface area (TPSA) is 46.2 Å². The highest BCUT2D eigenvalue weighted by Crippen LogP contribution is 2.32. The summed E-state index contributed by atoms with van der Waals surface area (Å²) in [5.41, 5.74) is 1.75. The van der Waals surface area contributed by atoms with Crippen LogP contribution in [0.3, 0.4) is 0 Å². The third-order valence-electron chi connectivity index (χ3n) is 3.46. The first-order chi connectivity index (χ1) is 8.53. The second-order valence-electron chi connectivity index (χ2n) is 4.59. The zero-order valence-electron chi connectivity index (χ0n) is 10.4. The maximum atomic E-state index is 13.5. The molecule has 0 amide bonds. The first-order valence-corrected chi connectivity index (χ1v) is 8.06. The molecule has 1 unspecified atom stereocenters. The van der Waals surface area contributed by atoms with Gasteiger partial charge in [-0.1, -0.05) is 19.1 Å². The molecule has 0 saturated carbocycles. The fourth-order valence-corrected chi connectivity index (χ4v) is 3.07. The standard InChI is InChI=1S/C13H18FNO2S/c1-2-18(16,17)9-8-15-13-7-6-10-11(13)4-3-5-12(10)14/h3-5,13,15H,2,6-9H2,1H3. The van der Waals surface area contributed by atoms with Crippen molar-refractivity contribution in [3.63, 3.8) is 0 Å². The summed E-state index contributed by atoms with van der Waals surface area (Å²) in [7, 11) is -2.93. The van der Waals surface area contributed by atoms with E-state index in [1.165, 1.54) is 6.07 Å². The van der Waals surface area contributed by atoms with E-state index >= 15 is 0 Å². The van der Waals surface area contributed by atoms with E-state index in [1.54, 1.807) is 13.0 Å². The van der Waals surface area contributed by atoms with Gasteiger partial charge >= 0.3 is 0 Å². The fraction of sp³-hybridized carbons (Fsp3) is 0.538. The molecule has 0 fully saturated rings. The van der Waals surface area contributed by atoms with Crippen LogP contribution in [0.15, 0.2) is 18.2 Å². The lowest BCUT2D eigenvalue weighted by atomic mass is 10.1. The average Bonchev–Trinajstić information content (AvgIpc) is 2.74. The minimum atomic E-state index is -2.93. The van der Waals surface area contributed by atoms with Gasteiger partial charge in [0.2, 0.25) is 0 Å². The molecule has 1 aromatic rings. The molecular formula is C13H18FNO2S. The quantitative estimate of drug-likeness (QED) is 0.889. The van der Waals surface area contributed by atoms with Crippen LogP contribution in [0.5, 0.6) is 0 Å². The van der Waals surface area contributed by atoms with Crippen LogP contribution in [0.25, 0.3) is 0 Å². The lowest BCUT2D eigenvalue weighted by molar-refractivity contribution is 0.541. The molecule has 1 atom stereocenters. The van der Waals surface area contributed by atoms with Gasteiger partial charge in [-0.2, -0.15) is 0 Å². The van der Waals surface area contributed by atoms with Crippen molar-refractivity contribution in [1.29, 1.82) is 0 Å². The lowest BCUT2D eigenvalue weighted by Gasteiger charge is -2.13. The van der Waals surface area contributed by atoms with Crippen LogP contribution in [0.2, 0.25) is 0 Å². The van der Waals surface area contributed by atoms with E-state index < -0.39 is 9.84 Å². The highest BCUT2D eigenvalue weighted by atomic mass is 32.2. The molecule has 1 aliphatic rings. The summed E-state index contributed by atoms with van der Waals surface area (Å²) < 4.78 is 36.3. The van der Waals surface area contributed by atoms with Gasteiger partial charge in [0.15, 0.2) is 9.84 Å². The smallest absolute Gasteiger partial charge is 0.151 e. The van der Waals surface area contributed by atoms with Gasteiger partial charge in [0, 0.05) is 18.3 Å². The summed E-state index contributed by atoms with van der Waals surface area (Å²) in [6.07, 6.45) is 1.56. The number of sulfone groups is 1. The minimum absolute atomic E-state index is 0.0859. The summed E-state index contributed by atoms with van der Waals surface area (Å²) in [6.45, 7) is 2.08. The molecule has 0 heterocycles. The van der Waals surface area contributed by atoms with Crippen LogP contribution >= 0.6 is 0 Å². The molecule has 18 heavy (non-hydrogen) atoms. The van der Waals surface area contributed by atoms with Gasteiger partial charge in [0.25, 0.3) is 0 Å². The van der Waals surface area contributed by atoms with Crippen molar-refractivity contribution in [2.45, 2.75) is 25.8 Å². The number of benzene rings is 1. The SMILES string of the molecule is CCS(=O)(=O)CCNC1CCc2c(F)cccc21. The number of fused-ring (bicyclic) bond motifs is 1. The molecule has 100 valence electrons. The van der Waals surface area contributed by atoms with E-state index in [9.17, 15) is 12.8 Å². The van der Waals surface area contributed by atoms with Gasteiger partial charge in [-0.05, 0) is 30.0 Å². The van der Waals surface area contributed by atoms with E-state index in [2.05, 4.69) is 5.32 Å². The van der Waals surface area contributed by atoms with Crippen LogP contribution < -0.4 is 5.32 Å². The van der Waals surface area contributed by atoms with Crippen molar-refractivity contribution in [2.75, 3.05) is 18.1 Å². The molecule has 0 aromatic heterocycles. The highest BCUT2D eigenvalue weighted by Gasteiger charge is 2.24. The van der Waals surface area contributed by atoms with E-state index in [1.807, 2.05) is 6.07 Å². The van der Waals surface area contributed by atoms with Crippen LogP contribution in [0, 0.1) is 5.82 Å². The maximum Gasteiger partial charge on any atom is 0.151 e. The maximum absolute atomic E-state index is 13.5. The van der Waals surface area contributed by atoms with Crippen molar-refractivity contribution in [2.24, 2.45) is 0 Å². The fourth-order valence-electron chi connectivity index (χ4n) is 2.35. The summed E-state index contributed by atoms with van der Waals surface area (Å²) in [6, 6.07) is 5.18. The average molecular weight is 271 g/mol. The summed E-state index contributed by atoms with van der Waals surface area (Å²) in [4.78, 5) is 0. The second-order valence-corrected chi connectivity index (χ2v) is 7.06. The van der Waals surface area contributed by atoms with Gasteiger partial charge < -0.3 is 5.32 Å². The Hall–Kier alpha value is -0.940.